The Morgan fingerprint density at radius 2 is 1.52 bits per heavy atom. The van der Waals surface area contributed by atoms with Crippen LogP contribution in [0, 0.1) is 29.1 Å². The predicted octanol–water partition coefficient (Wildman–Crippen LogP) is 3.06. The van der Waals surface area contributed by atoms with Crippen LogP contribution in [-0.2, 0) is 28.5 Å². The molecule has 0 unspecified atom stereocenters. The van der Waals surface area contributed by atoms with E-state index < -0.39 is 102 Å². The summed E-state index contributed by atoms with van der Waals surface area (Å²) in [6, 6.07) is -0.308. The third-order valence-corrected chi connectivity index (χ3v) is 12.5. The Bertz CT molecular complexity index is 1200. The fourth-order valence-electron chi connectivity index (χ4n) is 8.88. The number of ether oxygens (including phenoxy) is 5. The van der Waals surface area contributed by atoms with Crippen molar-refractivity contribution in [1.82, 2.24) is 4.90 Å². The van der Waals surface area contributed by atoms with Gasteiger partial charge in [-0.05, 0) is 74.4 Å². The average Bonchev–Trinajstić information content (AvgIpc) is 3.06. The summed E-state index contributed by atoms with van der Waals surface area (Å²) in [5.41, 5.74) is -4.12. The molecular weight excluding hydrogens is 676 g/mol. The molecule has 304 valence electrons. The summed E-state index contributed by atoms with van der Waals surface area (Å²) in [6.07, 6.45) is -7.96. The van der Waals surface area contributed by atoms with E-state index >= 15 is 0 Å². The van der Waals surface area contributed by atoms with Crippen LogP contribution >= 0.6 is 0 Å². The van der Waals surface area contributed by atoms with Gasteiger partial charge in [0.15, 0.2) is 12.6 Å². The molecule has 0 aromatic rings. The van der Waals surface area contributed by atoms with E-state index in [0.717, 1.165) is 0 Å². The van der Waals surface area contributed by atoms with E-state index in [9.17, 15) is 35.5 Å². The second-order valence-corrected chi connectivity index (χ2v) is 17.1. The first kappa shape index (κ1) is 44.9. The molecule has 0 bridgehead atoms. The first-order valence-electron chi connectivity index (χ1n) is 19.2. The summed E-state index contributed by atoms with van der Waals surface area (Å²) >= 11 is 0. The number of hydrogen-bond acceptors (Lipinski definition) is 14. The summed E-state index contributed by atoms with van der Waals surface area (Å²) in [6.45, 7) is 19.0. The van der Waals surface area contributed by atoms with E-state index in [-0.39, 0.29) is 30.7 Å². The number of aliphatic hydroxyl groups excluding tert-OH is 3. The Kier molecular flexibility index (Phi) is 15.2. The molecule has 0 spiro atoms. The topological polar surface area (TPSA) is 200 Å². The van der Waals surface area contributed by atoms with E-state index in [1.54, 1.807) is 48.5 Å². The average molecular weight is 747 g/mol. The van der Waals surface area contributed by atoms with Gasteiger partial charge in [-0.3, -0.25) is 4.79 Å². The zero-order valence-corrected chi connectivity index (χ0v) is 33.7. The standard InChI is InChI=1S/C38H70N2O12/c1-14-26-38(11,46)31(42)21(5)28(39-47)19(3)17-37(10,45)33(52-35-29(41)25(40(12)13)16-20(4)48-35)22(6)30(23(7)34(44)50-26)51-27-18-36(9,15-2)32(43)24(8)49-27/h19-27,29-33,35,41-43,45-47H,14-18H2,1-13H3/b39-28-/t19-,20-,21+,22+,23-,24+,25+,26-,27+,29-,30+,31-,32+,33-,35+,36-,37-,38-/m1/s1. The first-order chi connectivity index (χ1) is 24.0. The first-order valence-corrected chi connectivity index (χ1v) is 19.2. The van der Waals surface area contributed by atoms with Gasteiger partial charge in [0.05, 0.1) is 53.9 Å². The lowest BCUT2D eigenvalue weighted by Crippen LogP contribution is -2.60. The highest BCUT2D eigenvalue weighted by molar-refractivity contribution is 5.88. The van der Waals surface area contributed by atoms with Crippen LogP contribution in [0.25, 0.3) is 0 Å². The van der Waals surface area contributed by atoms with E-state index in [1.165, 1.54) is 6.92 Å². The molecule has 6 N–H and O–H groups in total. The Morgan fingerprint density at radius 1 is 0.904 bits per heavy atom. The van der Waals surface area contributed by atoms with Crippen molar-refractivity contribution in [2.45, 2.75) is 187 Å². The van der Waals surface area contributed by atoms with Gasteiger partial charge in [-0.2, -0.15) is 0 Å². The Hall–Kier alpha value is -1.46. The monoisotopic (exact) mass is 746 g/mol. The third kappa shape index (κ3) is 9.49. The minimum Gasteiger partial charge on any atom is -0.459 e. The van der Waals surface area contributed by atoms with Crippen LogP contribution in [0.5, 0.6) is 0 Å². The molecule has 0 aromatic heterocycles. The minimum absolute atomic E-state index is 0.0457. The summed E-state index contributed by atoms with van der Waals surface area (Å²) in [5.74, 6) is -4.10. The van der Waals surface area contributed by atoms with E-state index in [0.29, 0.717) is 19.3 Å². The number of nitrogens with zero attached hydrogens (tertiary/aromatic N) is 2. The molecule has 3 fully saturated rings. The van der Waals surface area contributed by atoms with Crippen molar-refractivity contribution in [2.75, 3.05) is 14.1 Å². The van der Waals surface area contributed by atoms with Crippen LogP contribution in [0.3, 0.4) is 0 Å². The zero-order valence-electron chi connectivity index (χ0n) is 33.7. The Morgan fingerprint density at radius 3 is 2.06 bits per heavy atom. The number of oxime groups is 1. The number of esters is 1. The highest BCUT2D eigenvalue weighted by atomic mass is 16.7. The summed E-state index contributed by atoms with van der Waals surface area (Å²) < 4.78 is 31.7. The number of carbonyl (C=O) groups excluding carboxylic acids is 1. The molecular formula is C38H70N2O12. The lowest BCUT2D eigenvalue weighted by atomic mass is 9.73. The number of likely N-dealkylation sites (N-methyl/N-ethyl adjacent to an activating group) is 1. The minimum atomic E-state index is -1.95. The lowest BCUT2D eigenvalue weighted by Gasteiger charge is -2.49. The van der Waals surface area contributed by atoms with Crippen molar-refractivity contribution in [2.24, 2.45) is 34.2 Å². The molecule has 52 heavy (non-hydrogen) atoms. The van der Waals surface area contributed by atoms with Gasteiger partial charge in [-0.1, -0.05) is 46.7 Å². The molecule has 0 aliphatic carbocycles. The molecule has 0 radical (unpaired) electrons. The molecule has 3 aliphatic rings. The van der Waals surface area contributed by atoms with E-state index in [1.807, 2.05) is 39.8 Å². The number of hydrogen-bond donors (Lipinski definition) is 6. The van der Waals surface area contributed by atoms with Gasteiger partial charge >= 0.3 is 5.97 Å². The van der Waals surface area contributed by atoms with Crippen LogP contribution < -0.4 is 0 Å². The number of cyclic esters (lactones) is 1. The smallest absolute Gasteiger partial charge is 0.311 e. The maximum absolute atomic E-state index is 14.2. The van der Waals surface area contributed by atoms with Crippen LogP contribution in [0.2, 0.25) is 0 Å². The van der Waals surface area contributed by atoms with Gasteiger partial charge in [0.2, 0.25) is 0 Å². The van der Waals surface area contributed by atoms with Gasteiger partial charge < -0.3 is 59.3 Å². The lowest BCUT2D eigenvalue weighted by molar-refractivity contribution is -0.313. The van der Waals surface area contributed by atoms with Crippen LogP contribution in [0.1, 0.15) is 108 Å². The number of rotatable bonds is 7. The molecule has 3 saturated heterocycles. The molecule has 3 rings (SSSR count). The van der Waals surface area contributed by atoms with Gasteiger partial charge in [0.1, 0.15) is 17.8 Å². The van der Waals surface area contributed by atoms with Gasteiger partial charge in [-0.25, -0.2) is 0 Å². The van der Waals surface area contributed by atoms with Crippen molar-refractivity contribution >= 4 is 11.7 Å². The van der Waals surface area contributed by atoms with Crippen LogP contribution in [0.15, 0.2) is 5.16 Å². The quantitative estimate of drug-likeness (QED) is 0.126. The molecule has 14 nitrogen and oxygen atoms in total. The molecule has 14 heteroatoms. The zero-order chi connectivity index (χ0) is 39.7. The summed E-state index contributed by atoms with van der Waals surface area (Å²) in [5, 5.41) is 72.0. The van der Waals surface area contributed by atoms with Crippen molar-refractivity contribution in [3.8, 4) is 0 Å². The maximum Gasteiger partial charge on any atom is 0.311 e. The number of carbonyl (C=O) groups is 1. The van der Waals surface area contributed by atoms with Gasteiger partial charge in [0, 0.05) is 35.6 Å². The summed E-state index contributed by atoms with van der Waals surface area (Å²) in [4.78, 5) is 16.1. The fourth-order valence-corrected chi connectivity index (χ4v) is 8.88. The highest BCUT2D eigenvalue weighted by Crippen LogP contribution is 2.43. The van der Waals surface area contributed by atoms with Crippen molar-refractivity contribution < 1.29 is 59.2 Å². The van der Waals surface area contributed by atoms with Crippen molar-refractivity contribution in [3.05, 3.63) is 0 Å². The fraction of sp³-hybridized carbons (Fsp3) is 0.947. The van der Waals surface area contributed by atoms with E-state index in [4.69, 9.17) is 23.7 Å². The third-order valence-electron chi connectivity index (χ3n) is 12.5. The largest absolute Gasteiger partial charge is 0.459 e. The van der Waals surface area contributed by atoms with Crippen LogP contribution in [-0.4, -0.2) is 140 Å². The molecule has 18 atom stereocenters. The van der Waals surface area contributed by atoms with Gasteiger partial charge in [0.25, 0.3) is 0 Å². The van der Waals surface area contributed by atoms with E-state index in [2.05, 4.69) is 5.16 Å². The SMILES string of the molecule is CC[C@H]1OC(=O)[C@H](C)[C@@H](O[C@H]2C[C@@](C)(CC)[C@@H](O)[C@H](C)O2)[C@H](C)[C@@H](O[C@@H]2O[C@H](C)C[C@H](N(C)C)[C@H]2O)[C@](C)(O)C[C@@H](C)/C(=N/O)[C@H](C)[C@@H](O)[C@]1(C)O. The molecule has 0 amide bonds. The van der Waals surface area contributed by atoms with Gasteiger partial charge in [-0.15, -0.1) is 0 Å². The highest BCUT2D eigenvalue weighted by Gasteiger charge is 2.53. The molecule has 0 aromatic carbocycles. The maximum atomic E-state index is 14.2. The molecule has 0 saturated carbocycles. The Balaban J connectivity index is 2.21. The predicted molar refractivity (Wildman–Crippen MR) is 193 cm³/mol. The second-order valence-electron chi connectivity index (χ2n) is 17.1. The van der Waals surface area contributed by atoms with Crippen molar-refractivity contribution in [1.29, 1.82) is 0 Å². The normalized spacial score (nSPS) is 49.8. The molecule has 3 heterocycles. The van der Waals surface area contributed by atoms with Crippen molar-refractivity contribution in [3.63, 3.8) is 0 Å². The second kappa shape index (κ2) is 17.6. The number of aliphatic hydroxyl groups is 5. The Labute approximate surface area is 310 Å². The summed E-state index contributed by atoms with van der Waals surface area (Å²) in [7, 11) is 3.72. The van der Waals surface area contributed by atoms with Crippen LogP contribution in [0.4, 0.5) is 0 Å². The molecule has 3 aliphatic heterocycles.